The summed E-state index contributed by atoms with van der Waals surface area (Å²) in [6, 6.07) is 0. The van der Waals surface area contributed by atoms with Crippen LogP contribution in [0.2, 0.25) is 0 Å². The molecular formula is C23H34O5. The average molecular weight is 391 g/mol. The average Bonchev–Trinajstić information content (AvgIpc) is 3.39. The van der Waals surface area contributed by atoms with E-state index in [1.54, 1.807) is 0 Å². The maximum Gasteiger partial charge on any atom is 0.174 e. The number of hydrogen-bond donors (Lipinski definition) is 0. The third-order valence-corrected chi connectivity index (χ3v) is 10.1. The van der Waals surface area contributed by atoms with Gasteiger partial charge in [0, 0.05) is 37.0 Å². The Morgan fingerprint density at radius 3 is 2.25 bits per heavy atom. The van der Waals surface area contributed by atoms with Gasteiger partial charge in [-0.1, -0.05) is 13.8 Å². The molecule has 0 aromatic heterocycles. The second kappa shape index (κ2) is 5.81. The maximum atomic E-state index is 13.5. The highest BCUT2D eigenvalue weighted by molar-refractivity contribution is 5.83. The van der Waals surface area contributed by atoms with Gasteiger partial charge >= 0.3 is 0 Å². The van der Waals surface area contributed by atoms with Crippen LogP contribution in [0.5, 0.6) is 0 Å². The number of carbonyl (C=O) groups excluding carboxylic acids is 1. The van der Waals surface area contributed by atoms with Crippen molar-refractivity contribution >= 4 is 5.78 Å². The number of carbonyl (C=O) groups is 1. The molecule has 156 valence electrons. The third-order valence-electron chi connectivity index (χ3n) is 10.1. The Hall–Kier alpha value is -0.490. The van der Waals surface area contributed by atoms with Crippen molar-refractivity contribution in [3.05, 3.63) is 0 Å². The minimum atomic E-state index is -0.473. The molecule has 0 aromatic rings. The topological polar surface area (TPSA) is 54.0 Å². The second-order valence-corrected chi connectivity index (χ2v) is 10.9. The first-order chi connectivity index (χ1) is 13.4. The molecule has 0 N–H and O–H groups in total. The summed E-state index contributed by atoms with van der Waals surface area (Å²) in [4.78, 5) is 13.5. The minimum Gasteiger partial charge on any atom is -0.348 e. The van der Waals surface area contributed by atoms with Crippen LogP contribution in [0, 0.1) is 34.5 Å². The summed E-state index contributed by atoms with van der Waals surface area (Å²) in [5, 5.41) is 0. The maximum absolute atomic E-state index is 13.5. The van der Waals surface area contributed by atoms with E-state index in [1.807, 2.05) is 0 Å². The van der Waals surface area contributed by atoms with E-state index < -0.39 is 5.79 Å². The largest absolute Gasteiger partial charge is 0.348 e. The van der Waals surface area contributed by atoms with Crippen molar-refractivity contribution in [3.8, 4) is 0 Å². The van der Waals surface area contributed by atoms with Crippen molar-refractivity contribution in [1.29, 1.82) is 0 Å². The van der Waals surface area contributed by atoms with Gasteiger partial charge in [0.25, 0.3) is 0 Å². The molecule has 2 heterocycles. The van der Waals surface area contributed by atoms with Gasteiger partial charge in [-0.25, -0.2) is 0 Å². The molecule has 0 bridgehead atoms. The second-order valence-electron chi connectivity index (χ2n) is 10.9. The number of Topliss-reactive ketones (excluding diaryl/α,β-unsaturated/α-hetero) is 1. The molecule has 0 aromatic carbocycles. The lowest BCUT2D eigenvalue weighted by Gasteiger charge is -2.61. The van der Waals surface area contributed by atoms with E-state index in [2.05, 4.69) is 13.8 Å². The molecule has 6 unspecified atom stereocenters. The van der Waals surface area contributed by atoms with Crippen molar-refractivity contribution in [3.63, 3.8) is 0 Å². The monoisotopic (exact) mass is 390 g/mol. The fraction of sp³-hybridized carbons (Fsp3) is 0.957. The first-order valence-corrected chi connectivity index (χ1v) is 11.5. The predicted molar refractivity (Wildman–Crippen MR) is 101 cm³/mol. The third kappa shape index (κ3) is 2.15. The van der Waals surface area contributed by atoms with E-state index in [9.17, 15) is 4.79 Å². The van der Waals surface area contributed by atoms with Gasteiger partial charge in [-0.15, -0.1) is 0 Å². The first-order valence-electron chi connectivity index (χ1n) is 11.5. The summed E-state index contributed by atoms with van der Waals surface area (Å²) in [6.45, 7) is 7.58. The van der Waals surface area contributed by atoms with Crippen LogP contribution in [0.15, 0.2) is 0 Å². The van der Waals surface area contributed by atoms with E-state index in [0.29, 0.717) is 36.8 Å². The molecule has 0 amide bonds. The van der Waals surface area contributed by atoms with Crippen LogP contribution in [0.25, 0.3) is 0 Å². The first kappa shape index (κ1) is 18.3. The molecule has 4 saturated carbocycles. The Morgan fingerprint density at radius 1 is 0.821 bits per heavy atom. The number of ether oxygens (including phenoxy) is 4. The van der Waals surface area contributed by atoms with Crippen molar-refractivity contribution < 1.29 is 23.7 Å². The molecule has 2 saturated heterocycles. The molecule has 4 aliphatic carbocycles. The van der Waals surface area contributed by atoms with E-state index in [-0.39, 0.29) is 22.5 Å². The van der Waals surface area contributed by atoms with Crippen LogP contribution in [-0.4, -0.2) is 43.8 Å². The molecule has 6 aliphatic rings. The number of fused-ring (bicyclic) bond motifs is 6. The van der Waals surface area contributed by atoms with Crippen LogP contribution < -0.4 is 0 Å². The molecule has 0 radical (unpaired) electrons. The van der Waals surface area contributed by atoms with E-state index in [1.165, 1.54) is 6.42 Å². The predicted octanol–water partition coefficient (Wildman–Crippen LogP) is 3.69. The zero-order chi connectivity index (χ0) is 19.2. The van der Waals surface area contributed by atoms with Gasteiger partial charge < -0.3 is 18.9 Å². The highest BCUT2D eigenvalue weighted by atomic mass is 16.7. The molecule has 28 heavy (non-hydrogen) atoms. The normalized spacial score (nSPS) is 51.3. The standard InChI is InChI=1S/C23H34O5/c1-20-7-8-22(25-9-10-26-22)14-18(20)19(24)13-15-16(20)3-5-21(2)17(15)4-6-23(21)27-11-12-28-23/h15-18H,3-14H2,1-2H3. The number of ketones is 1. The Balaban J connectivity index is 1.31. The zero-order valence-corrected chi connectivity index (χ0v) is 17.3. The molecule has 6 atom stereocenters. The van der Waals surface area contributed by atoms with Crippen LogP contribution in [-0.2, 0) is 23.7 Å². The molecule has 6 rings (SSSR count). The minimum absolute atomic E-state index is 0.0572. The van der Waals surface area contributed by atoms with Crippen LogP contribution in [0.1, 0.15) is 65.2 Å². The summed E-state index contributed by atoms with van der Waals surface area (Å²) in [7, 11) is 0. The Kier molecular flexibility index (Phi) is 3.79. The highest BCUT2D eigenvalue weighted by Gasteiger charge is 2.69. The van der Waals surface area contributed by atoms with Gasteiger partial charge in [0.15, 0.2) is 11.6 Å². The lowest BCUT2D eigenvalue weighted by atomic mass is 9.44. The fourth-order valence-electron chi connectivity index (χ4n) is 8.62. The number of rotatable bonds is 0. The van der Waals surface area contributed by atoms with Gasteiger partial charge in [0.1, 0.15) is 5.78 Å². The molecule has 2 aliphatic heterocycles. The fourth-order valence-corrected chi connectivity index (χ4v) is 8.62. The van der Waals surface area contributed by atoms with Crippen LogP contribution in [0.3, 0.4) is 0 Å². The van der Waals surface area contributed by atoms with Crippen molar-refractivity contribution in [2.24, 2.45) is 34.5 Å². The summed E-state index contributed by atoms with van der Waals surface area (Å²) in [6.07, 6.45) is 7.98. The van der Waals surface area contributed by atoms with Crippen molar-refractivity contribution in [1.82, 2.24) is 0 Å². The Bertz CT molecular complexity index is 678. The van der Waals surface area contributed by atoms with E-state index >= 15 is 0 Å². The molecule has 5 nitrogen and oxygen atoms in total. The quantitative estimate of drug-likeness (QED) is 0.631. The van der Waals surface area contributed by atoms with Gasteiger partial charge in [0.05, 0.1) is 26.4 Å². The summed E-state index contributed by atoms with van der Waals surface area (Å²) >= 11 is 0. The molecule has 5 heteroatoms. The summed E-state index contributed by atoms with van der Waals surface area (Å²) < 4.78 is 24.5. The lowest BCUT2D eigenvalue weighted by molar-refractivity contribution is -0.254. The molecule has 2 spiro atoms. The summed E-state index contributed by atoms with van der Waals surface area (Å²) in [5.74, 6) is 1.35. The smallest absolute Gasteiger partial charge is 0.174 e. The van der Waals surface area contributed by atoms with Crippen LogP contribution >= 0.6 is 0 Å². The number of hydrogen-bond acceptors (Lipinski definition) is 5. The SMILES string of the molecule is CC12CCC3(CC1C(=O)CC1C2CCC2(C)C1CCC21OCCO1)OCCO3. The van der Waals surface area contributed by atoms with E-state index in [4.69, 9.17) is 18.9 Å². The summed E-state index contributed by atoms with van der Waals surface area (Å²) in [5.41, 5.74) is 0.150. The highest BCUT2D eigenvalue weighted by Crippen LogP contribution is 2.69. The molecule has 6 fully saturated rings. The van der Waals surface area contributed by atoms with E-state index in [0.717, 1.165) is 58.2 Å². The Morgan fingerprint density at radius 2 is 1.50 bits per heavy atom. The Labute approximate surface area is 167 Å². The van der Waals surface area contributed by atoms with Gasteiger partial charge in [0.2, 0.25) is 0 Å². The van der Waals surface area contributed by atoms with Crippen molar-refractivity contribution in [2.75, 3.05) is 26.4 Å². The lowest BCUT2D eigenvalue weighted by Crippen LogP contribution is -2.60. The van der Waals surface area contributed by atoms with Gasteiger partial charge in [-0.2, -0.15) is 0 Å². The molecular weight excluding hydrogens is 356 g/mol. The van der Waals surface area contributed by atoms with Gasteiger partial charge in [-0.05, 0) is 48.9 Å². The van der Waals surface area contributed by atoms with Crippen LogP contribution in [0.4, 0.5) is 0 Å². The zero-order valence-electron chi connectivity index (χ0n) is 17.3. The van der Waals surface area contributed by atoms with Crippen molar-refractivity contribution in [2.45, 2.75) is 76.8 Å². The van der Waals surface area contributed by atoms with Gasteiger partial charge in [-0.3, -0.25) is 4.79 Å².